The fourth-order valence-corrected chi connectivity index (χ4v) is 6.77. The van der Waals surface area contributed by atoms with Gasteiger partial charge in [-0.15, -0.1) is 0 Å². The van der Waals surface area contributed by atoms with Gasteiger partial charge in [0.25, 0.3) is 0 Å². The van der Waals surface area contributed by atoms with E-state index in [0.717, 1.165) is 78.3 Å². The van der Waals surface area contributed by atoms with Gasteiger partial charge >= 0.3 is 0 Å². The zero-order valence-electron chi connectivity index (χ0n) is 27.1. The van der Waals surface area contributed by atoms with Crippen LogP contribution in [0, 0.1) is 0 Å². The van der Waals surface area contributed by atoms with Gasteiger partial charge < -0.3 is 14.1 Å². The molecule has 0 atom stereocenters. The van der Waals surface area contributed by atoms with Gasteiger partial charge in [-0.2, -0.15) is 0 Å². The lowest BCUT2D eigenvalue weighted by molar-refractivity contribution is 0.477. The monoisotopic (exact) mass is 657 g/mol. The number of benzene rings is 6. The molecule has 6 aromatic carbocycles. The van der Waals surface area contributed by atoms with Crippen LogP contribution in [0.4, 0.5) is 17.1 Å². The quantitative estimate of drug-likeness (QED) is 0.182. The largest absolute Gasteiger partial charge is 0.456 e. The molecule has 0 amide bonds. The first-order valence-electron chi connectivity index (χ1n) is 16.7. The summed E-state index contributed by atoms with van der Waals surface area (Å²) in [6.07, 6.45) is 3.66. The van der Waals surface area contributed by atoms with Crippen molar-refractivity contribution in [2.45, 2.75) is 0 Å². The van der Waals surface area contributed by atoms with E-state index in [-0.39, 0.29) is 0 Å². The molecular weight excluding hydrogens is 631 g/mol. The lowest BCUT2D eigenvalue weighted by Gasteiger charge is -2.33. The van der Waals surface area contributed by atoms with Gasteiger partial charge in [-0.05, 0) is 78.4 Å². The normalized spacial score (nSPS) is 12.0. The van der Waals surface area contributed by atoms with Crippen LogP contribution in [0.25, 0.3) is 67.2 Å². The number of furan rings is 1. The van der Waals surface area contributed by atoms with Crippen LogP contribution in [0.1, 0.15) is 0 Å². The Hall–Kier alpha value is -7.12. The Balaban J connectivity index is 1.21. The third-order valence-electron chi connectivity index (χ3n) is 9.16. The molecule has 240 valence electrons. The molecule has 0 fully saturated rings. The van der Waals surface area contributed by atoms with E-state index in [0.29, 0.717) is 17.5 Å². The number of para-hydroxylation sites is 5. The summed E-state index contributed by atoms with van der Waals surface area (Å²) in [4.78, 5) is 22.0. The predicted octanol–water partition coefficient (Wildman–Crippen LogP) is 11.4. The highest BCUT2D eigenvalue weighted by molar-refractivity contribution is 6.06. The molecule has 0 spiro atoms. The molecule has 3 aromatic heterocycles. The average molecular weight is 658 g/mol. The second-order valence-electron chi connectivity index (χ2n) is 12.4. The van der Waals surface area contributed by atoms with Crippen LogP contribution >= 0.6 is 0 Å². The van der Waals surface area contributed by atoms with Gasteiger partial charge in [-0.25, -0.2) is 15.0 Å². The lowest BCUT2D eigenvalue weighted by Crippen LogP contribution is -2.16. The zero-order chi connectivity index (χ0) is 33.7. The second-order valence-corrected chi connectivity index (χ2v) is 12.4. The summed E-state index contributed by atoms with van der Waals surface area (Å²) >= 11 is 0. The van der Waals surface area contributed by atoms with Crippen molar-refractivity contribution in [1.82, 2.24) is 19.9 Å². The zero-order valence-corrected chi connectivity index (χ0v) is 27.1. The summed E-state index contributed by atoms with van der Waals surface area (Å²) in [6, 6.07) is 50.8. The maximum Gasteiger partial charge on any atom is 0.164 e. The highest BCUT2D eigenvalue weighted by Gasteiger charge is 2.26. The van der Waals surface area contributed by atoms with Crippen molar-refractivity contribution in [1.29, 1.82) is 0 Å². The Morgan fingerprint density at radius 1 is 0.431 bits per heavy atom. The van der Waals surface area contributed by atoms with Crippen molar-refractivity contribution >= 4 is 39.0 Å². The lowest BCUT2D eigenvalue weighted by atomic mass is 10.0. The predicted molar refractivity (Wildman–Crippen MR) is 201 cm³/mol. The van der Waals surface area contributed by atoms with E-state index in [2.05, 4.69) is 58.4 Å². The first-order chi connectivity index (χ1) is 25.2. The van der Waals surface area contributed by atoms with Crippen LogP contribution in [-0.4, -0.2) is 19.9 Å². The number of pyridine rings is 1. The second kappa shape index (κ2) is 11.8. The summed E-state index contributed by atoms with van der Waals surface area (Å²) in [5.74, 6) is 3.27. The molecule has 7 nitrogen and oxygen atoms in total. The molecule has 1 aliphatic heterocycles. The number of rotatable bonds is 5. The average Bonchev–Trinajstić information content (AvgIpc) is 3.58. The van der Waals surface area contributed by atoms with E-state index in [1.165, 1.54) is 0 Å². The number of hydrogen-bond donors (Lipinski definition) is 0. The molecule has 0 N–H and O–H groups in total. The number of nitrogens with zero attached hydrogens (tertiary/aromatic N) is 5. The number of fused-ring (bicyclic) bond motifs is 5. The molecule has 0 saturated heterocycles. The minimum atomic E-state index is 0.554. The van der Waals surface area contributed by atoms with Crippen molar-refractivity contribution < 1.29 is 9.15 Å². The minimum Gasteiger partial charge on any atom is -0.456 e. The summed E-state index contributed by atoms with van der Waals surface area (Å²) in [5.41, 5.74) is 9.03. The van der Waals surface area contributed by atoms with E-state index in [9.17, 15) is 0 Å². The van der Waals surface area contributed by atoms with Gasteiger partial charge in [-0.1, -0.05) is 78.9 Å². The number of aromatic nitrogens is 4. The third kappa shape index (κ3) is 5.07. The van der Waals surface area contributed by atoms with Gasteiger partial charge in [0.1, 0.15) is 11.2 Å². The molecule has 4 heterocycles. The third-order valence-corrected chi connectivity index (χ3v) is 9.16. The van der Waals surface area contributed by atoms with Crippen LogP contribution in [0.2, 0.25) is 0 Å². The molecule has 0 bridgehead atoms. The summed E-state index contributed by atoms with van der Waals surface area (Å²) in [5, 5.41) is 2.06. The molecule has 0 radical (unpaired) electrons. The van der Waals surface area contributed by atoms with Gasteiger partial charge in [0, 0.05) is 51.1 Å². The molecule has 7 heteroatoms. The highest BCUT2D eigenvalue weighted by Crippen LogP contribution is 2.51. The van der Waals surface area contributed by atoms with Gasteiger partial charge in [0.2, 0.25) is 0 Å². The Bertz CT molecular complexity index is 2700. The molecule has 0 unspecified atom stereocenters. The Morgan fingerprint density at radius 2 is 1.06 bits per heavy atom. The van der Waals surface area contributed by atoms with Crippen LogP contribution in [-0.2, 0) is 0 Å². The Kier molecular flexibility index (Phi) is 6.67. The van der Waals surface area contributed by atoms with Crippen LogP contribution in [0.15, 0.2) is 168 Å². The van der Waals surface area contributed by atoms with Crippen LogP contribution in [0.5, 0.6) is 11.5 Å². The van der Waals surface area contributed by atoms with E-state index < -0.39 is 0 Å². The van der Waals surface area contributed by atoms with Crippen molar-refractivity contribution in [3.63, 3.8) is 0 Å². The van der Waals surface area contributed by atoms with Crippen molar-refractivity contribution in [2.24, 2.45) is 0 Å². The topological polar surface area (TPSA) is 77.2 Å². The first-order valence-corrected chi connectivity index (χ1v) is 16.7. The minimum absolute atomic E-state index is 0.554. The first kappa shape index (κ1) is 28.9. The van der Waals surface area contributed by atoms with Crippen LogP contribution < -0.4 is 9.64 Å². The molecule has 51 heavy (non-hydrogen) atoms. The number of anilines is 3. The van der Waals surface area contributed by atoms with Gasteiger partial charge in [-0.3, -0.25) is 4.98 Å². The maximum atomic E-state index is 6.35. The van der Waals surface area contributed by atoms with Crippen molar-refractivity contribution in [3.8, 4) is 56.8 Å². The standard InChI is InChI=1S/C44H27N5O2/c1-2-11-28(12-3-1)42-46-43(29-20-21-39-35(26-29)34-14-4-7-17-38(34)50-39)48-44(47-42)32-23-31(30-13-10-22-45-27-30)24-33(25-32)49-36-15-5-8-18-40(36)51-41-19-9-6-16-37(41)49/h1-27H. The molecule has 10 rings (SSSR count). The van der Waals surface area contributed by atoms with Crippen molar-refractivity contribution in [2.75, 3.05) is 4.90 Å². The molecule has 0 aliphatic carbocycles. The summed E-state index contributed by atoms with van der Waals surface area (Å²) in [6.45, 7) is 0. The van der Waals surface area contributed by atoms with E-state index in [4.69, 9.17) is 24.1 Å². The molecule has 9 aromatic rings. The van der Waals surface area contributed by atoms with E-state index >= 15 is 0 Å². The Morgan fingerprint density at radius 3 is 1.82 bits per heavy atom. The Labute approximate surface area is 293 Å². The summed E-state index contributed by atoms with van der Waals surface area (Å²) < 4.78 is 12.5. The number of hydrogen-bond acceptors (Lipinski definition) is 7. The van der Waals surface area contributed by atoms with Gasteiger partial charge in [0.05, 0.1) is 11.4 Å². The maximum absolute atomic E-state index is 6.35. The SMILES string of the molecule is c1ccc(-c2nc(-c3cc(-c4cccnc4)cc(N4c5ccccc5Oc5ccccc54)c3)nc(-c3ccc4oc5ccccc5c4c3)n2)cc1. The molecular formula is C44H27N5O2. The smallest absolute Gasteiger partial charge is 0.164 e. The molecule has 1 aliphatic rings. The number of ether oxygens (including phenoxy) is 1. The van der Waals surface area contributed by atoms with Gasteiger partial charge in [0.15, 0.2) is 29.0 Å². The van der Waals surface area contributed by atoms with E-state index in [1.54, 1.807) is 6.20 Å². The van der Waals surface area contributed by atoms with Crippen LogP contribution in [0.3, 0.4) is 0 Å². The molecule has 0 saturated carbocycles. The fraction of sp³-hybridized carbons (Fsp3) is 0. The van der Waals surface area contributed by atoms with Crippen molar-refractivity contribution in [3.05, 3.63) is 164 Å². The fourth-order valence-electron chi connectivity index (χ4n) is 6.77. The van der Waals surface area contributed by atoms with E-state index in [1.807, 2.05) is 109 Å². The summed E-state index contributed by atoms with van der Waals surface area (Å²) in [7, 11) is 0. The highest BCUT2D eigenvalue weighted by atomic mass is 16.5.